The zero-order valence-electron chi connectivity index (χ0n) is 12.5. The molecule has 0 aromatic heterocycles. The van der Waals surface area contributed by atoms with Gasteiger partial charge in [-0.3, -0.25) is 4.79 Å². The number of amides is 1. The van der Waals surface area contributed by atoms with Gasteiger partial charge in [-0.25, -0.2) is 13.1 Å². The fourth-order valence-corrected chi connectivity index (χ4v) is 3.65. The van der Waals surface area contributed by atoms with Gasteiger partial charge in [0.05, 0.1) is 6.26 Å². The van der Waals surface area contributed by atoms with Crippen LogP contribution in [0, 0.1) is 0 Å². The average Bonchev–Trinajstić information content (AvgIpc) is 2.84. The minimum absolute atomic E-state index is 0.201. The van der Waals surface area contributed by atoms with Crippen LogP contribution in [-0.4, -0.2) is 44.6 Å². The summed E-state index contributed by atoms with van der Waals surface area (Å²) >= 11 is 3.35. The first-order chi connectivity index (χ1) is 10.1. The van der Waals surface area contributed by atoms with Crippen LogP contribution in [0.3, 0.4) is 0 Å². The lowest BCUT2D eigenvalue weighted by Crippen LogP contribution is -2.51. The minimum Gasteiger partial charge on any atom is -0.339 e. The van der Waals surface area contributed by atoms with E-state index in [9.17, 15) is 13.2 Å². The van der Waals surface area contributed by atoms with Crippen LogP contribution in [0.5, 0.6) is 0 Å². The quantitative estimate of drug-likeness (QED) is 0.795. The van der Waals surface area contributed by atoms with Crippen molar-refractivity contribution in [2.75, 3.05) is 19.3 Å². The zero-order chi connectivity index (χ0) is 16.5. The molecule has 0 spiro atoms. The molecule has 0 radical (unpaired) electrons. The first-order valence-electron chi connectivity index (χ1n) is 6.91. The van der Waals surface area contributed by atoms with E-state index in [0.29, 0.717) is 19.5 Å². The van der Waals surface area contributed by atoms with Crippen LogP contribution in [0.1, 0.15) is 18.9 Å². The van der Waals surface area contributed by atoms with Crippen LogP contribution in [0.2, 0.25) is 0 Å². The predicted octanol–water partition coefficient (Wildman–Crippen LogP) is 0.773. The van der Waals surface area contributed by atoms with Gasteiger partial charge in [0.25, 0.3) is 0 Å². The molecule has 1 heterocycles. The van der Waals surface area contributed by atoms with Gasteiger partial charge < -0.3 is 10.6 Å². The summed E-state index contributed by atoms with van der Waals surface area (Å²) in [6, 6.07) is 7.05. The summed E-state index contributed by atoms with van der Waals surface area (Å²) in [5, 5.41) is 0. The largest absolute Gasteiger partial charge is 0.339 e. The van der Waals surface area contributed by atoms with Crippen molar-refractivity contribution in [1.29, 1.82) is 0 Å². The van der Waals surface area contributed by atoms with Gasteiger partial charge in [0.1, 0.15) is 5.54 Å². The molecule has 0 saturated carbocycles. The van der Waals surface area contributed by atoms with Gasteiger partial charge in [-0.1, -0.05) is 28.1 Å². The number of halogens is 1. The molecular formula is C14H20BrN3O3S. The number of carbonyl (C=O) groups excluding carboxylic acids is 1. The topological polar surface area (TPSA) is 92.5 Å². The van der Waals surface area contributed by atoms with Crippen LogP contribution in [0.25, 0.3) is 0 Å². The van der Waals surface area contributed by atoms with Gasteiger partial charge in [-0.2, -0.15) is 0 Å². The Kier molecular flexibility index (Phi) is 4.96. The van der Waals surface area contributed by atoms with E-state index in [0.717, 1.165) is 16.3 Å². The highest BCUT2D eigenvalue weighted by Gasteiger charge is 2.38. The van der Waals surface area contributed by atoms with Gasteiger partial charge in [0.2, 0.25) is 15.9 Å². The third kappa shape index (κ3) is 4.07. The molecule has 22 heavy (non-hydrogen) atoms. The predicted molar refractivity (Wildman–Crippen MR) is 88.6 cm³/mol. The number of benzene rings is 1. The fourth-order valence-electron chi connectivity index (χ4n) is 2.59. The lowest BCUT2D eigenvalue weighted by atomic mass is 9.92. The van der Waals surface area contributed by atoms with E-state index in [1.807, 2.05) is 24.3 Å². The molecule has 8 heteroatoms. The number of hydrogen-bond acceptors (Lipinski definition) is 4. The summed E-state index contributed by atoms with van der Waals surface area (Å²) in [5.41, 5.74) is 5.82. The van der Waals surface area contributed by atoms with Crippen molar-refractivity contribution in [2.24, 2.45) is 5.73 Å². The van der Waals surface area contributed by atoms with Crippen molar-refractivity contribution in [1.82, 2.24) is 9.62 Å². The highest BCUT2D eigenvalue weighted by Crippen LogP contribution is 2.24. The number of rotatable bonds is 4. The Hall–Kier alpha value is -0.960. The molecule has 2 rings (SSSR count). The normalized spacial score (nSPS) is 21.6. The van der Waals surface area contributed by atoms with Gasteiger partial charge in [0.15, 0.2) is 0 Å². The number of likely N-dealkylation sites (tertiary alicyclic amines) is 1. The van der Waals surface area contributed by atoms with E-state index in [4.69, 9.17) is 5.73 Å². The molecular weight excluding hydrogens is 370 g/mol. The Morgan fingerprint density at radius 3 is 2.55 bits per heavy atom. The molecule has 1 aliphatic heterocycles. The summed E-state index contributed by atoms with van der Waals surface area (Å²) in [4.78, 5) is 14.3. The number of hydrogen-bond donors (Lipinski definition) is 2. The number of nitrogens with one attached hydrogen (secondary N) is 1. The van der Waals surface area contributed by atoms with Gasteiger partial charge >= 0.3 is 0 Å². The maximum Gasteiger partial charge on any atom is 0.247 e. The van der Waals surface area contributed by atoms with E-state index in [2.05, 4.69) is 20.7 Å². The first kappa shape index (κ1) is 17.4. The highest BCUT2D eigenvalue weighted by molar-refractivity contribution is 9.10. The van der Waals surface area contributed by atoms with Crippen molar-refractivity contribution in [2.45, 2.75) is 24.9 Å². The molecule has 3 N–H and O–H groups in total. The molecule has 2 atom stereocenters. The molecule has 122 valence electrons. The molecule has 1 saturated heterocycles. The maximum absolute atomic E-state index is 12.7. The van der Waals surface area contributed by atoms with Gasteiger partial charge in [-0.15, -0.1) is 0 Å². The van der Waals surface area contributed by atoms with E-state index in [1.165, 1.54) is 0 Å². The standard InChI is InChI=1S/C14H20BrN3O3S/c1-14(16,10-3-5-11(15)6-4-10)13(19)18-8-7-12(9-18)17-22(2,20)21/h3-6,12,17H,7-9,16H2,1-2H3. The lowest BCUT2D eigenvalue weighted by Gasteiger charge is -2.29. The van der Waals surface area contributed by atoms with Crippen LogP contribution in [0.15, 0.2) is 28.7 Å². The fraction of sp³-hybridized carbons (Fsp3) is 0.500. The van der Waals surface area contributed by atoms with Crippen LogP contribution in [-0.2, 0) is 20.4 Å². The first-order valence-corrected chi connectivity index (χ1v) is 9.59. The van der Waals surface area contributed by atoms with Gasteiger partial charge in [0, 0.05) is 23.6 Å². The van der Waals surface area contributed by atoms with Crippen molar-refractivity contribution in [3.63, 3.8) is 0 Å². The summed E-state index contributed by atoms with van der Waals surface area (Å²) in [6.45, 7) is 2.51. The third-order valence-electron chi connectivity index (χ3n) is 3.74. The monoisotopic (exact) mass is 389 g/mol. The minimum atomic E-state index is -3.27. The Balaban J connectivity index is 2.09. The second-order valence-electron chi connectivity index (χ2n) is 5.84. The summed E-state index contributed by atoms with van der Waals surface area (Å²) in [5.74, 6) is -0.201. The van der Waals surface area contributed by atoms with E-state index < -0.39 is 15.6 Å². The molecule has 2 unspecified atom stereocenters. The zero-order valence-corrected chi connectivity index (χ0v) is 14.9. The second-order valence-corrected chi connectivity index (χ2v) is 8.53. The molecule has 1 fully saturated rings. The molecule has 6 nitrogen and oxygen atoms in total. The molecule has 0 aliphatic carbocycles. The van der Waals surface area contributed by atoms with Crippen molar-refractivity contribution >= 4 is 31.9 Å². The SMILES string of the molecule is CC(N)(C(=O)N1CCC(NS(C)(=O)=O)C1)c1ccc(Br)cc1. The molecule has 1 aromatic rings. The molecule has 0 bridgehead atoms. The van der Waals surface area contributed by atoms with Crippen LogP contribution >= 0.6 is 15.9 Å². The molecule has 1 amide bonds. The summed E-state index contributed by atoms with van der Waals surface area (Å²) in [6.07, 6.45) is 1.71. The average molecular weight is 390 g/mol. The number of carbonyl (C=O) groups is 1. The highest BCUT2D eigenvalue weighted by atomic mass is 79.9. The number of sulfonamides is 1. The smallest absolute Gasteiger partial charge is 0.247 e. The van der Waals surface area contributed by atoms with E-state index in [-0.39, 0.29) is 11.9 Å². The second kappa shape index (κ2) is 6.27. The maximum atomic E-state index is 12.7. The Morgan fingerprint density at radius 1 is 1.41 bits per heavy atom. The van der Waals surface area contributed by atoms with E-state index in [1.54, 1.807) is 11.8 Å². The van der Waals surface area contributed by atoms with Crippen LogP contribution < -0.4 is 10.5 Å². The number of nitrogens with zero attached hydrogens (tertiary/aromatic N) is 1. The van der Waals surface area contributed by atoms with Crippen molar-refractivity contribution < 1.29 is 13.2 Å². The van der Waals surface area contributed by atoms with Crippen molar-refractivity contribution in [3.8, 4) is 0 Å². The Labute approximate surface area is 139 Å². The summed E-state index contributed by atoms with van der Waals surface area (Å²) in [7, 11) is -3.27. The lowest BCUT2D eigenvalue weighted by molar-refractivity contribution is -0.135. The third-order valence-corrected chi connectivity index (χ3v) is 5.03. The molecule has 1 aromatic carbocycles. The Morgan fingerprint density at radius 2 is 2.00 bits per heavy atom. The van der Waals surface area contributed by atoms with Gasteiger partial charge in [-0.05, 0) is 31.0 Å². The Bertz CT molecular complexity index is 658. The van der Waals surface area contributed by atoms with Crippen molar-refractivity contribution in [3.05, 3.63) is 34.3 Å². The van der Waals surface area contributed by atoms with E-state index >= 15 is 0 Å². The molecule has 1 aliphatic rings. The van der Waals surface area contributed by atoms with Crippen LogP contribution in [0.4, 0.5) is 0 Å². The summed E-state index contributed by atoms with van der Waals surface area (Å²) < 4.78 is 26.0. The number of nitrogens with two attached hydrogens (primary N) is 1.